The molecule has 0 radical (unpaired) electrons. The summed E-state index contributed by atoms with van der Waals surface area (Å²) in [5.74, 6) is -0.391. The zero-order chi connectivity index (χ0) is 22.9. The van der Waals surface area contributed by atoms with Gasteiger partial charge in [-0.3, -0.25) is 14.5 Å². The van der Waals surface area contributed by atoms with Crippen molar-refractivity contribution in [3.8, 4) is 0 Å². The first-order chi connectivity index (χ1) is 16.0. The van der Waals surface area contributed by atoms with Crippen molar-refractivity contribution < 1.29 is 9.59 Å². The number of carbonyl (C=O) groups excluding carboxylic acids is 2. The van der Waals surface area contributed by atoms with E-state index in [2.05, 4.69) is 24.0 Å². The molecule has 0 aromatic heterocycles. The van der Waals surface area contributed by atoms with Crippen LogP contribution in [0.15, 0.2) is 78.5 Å². The fraction of sp³-hybridized carbons (Fsp3) is 0.241. The van der Waals surface area contributed by atoms with Crippen LogP contribution in [0.5, 0.6) is 0 Å². The first kappa shape index (κ1) is 21.2. The van der Waals surface area contributed by atoms with Crippen molar-refractivity contribution in [1.29, 1.82) is 0 Å². The topological polar surface area (TPSA) is 40.6 Å². The normalized spacial score (nSPS) is 15.9. The fourth-order valence-electron chi connectivity index (χ4n) is 4.83. The molecule has 0 unspecified atom stereocenters. The van der Waals surface area contributed by atoms with Crippen LogP contribution in [0.2, 0.25) is 0 Å². The number of hydrogen-bond donors (Lipinski definition) is 0. The molecule has 2 aliphatic heterocycles. The van der Waals surface area contributed by atoms with Crippen molar-refractivity contribution in [2.24, 2.45) is 0 Å². The summed E-state index contributed by atoms with van der Waals surface area (Å²) in [4.78, 5) is 31.0. The van der Waals surface area contributed by atoms with Gasteiger partial charge < -0.3 is 4.90 Å². The number of aryl methyl sites for hydroxylation is 3. The lowest BCUT2D eigenvalue weighted by Gasteiger charge is -2.32. The molecule has 0 spiro atoms. The van der Waals surface area contributed by atoms with Gasteiger partial charge in [0.1, 0.15) is 5.70 Å². The van der Waals surface area contributed by atoms with E-state index in [0.29, 0.717) is 24.2 Å². The van der Waals surface area contributed by atoms with Gasteiger partial charge in [0.25, 0.3) is 11.8 Å². The van der Waals surface area contributed by atoms with E-state index in [1.807, 2.05) is 67.6 Å². The molecule has 0 N–H and O–H groups in total. The average Bonchev–Trinajstić information content (AvgIpc) is 3.09. The Bertz CT molecular complexity index is 1260. The van der Waals surface area contributed by atoms with E-state index in [1.54, 1.807) is 0 Å². The zero-order valence-corrected chi connectivity index (χ0v) is 19.2. The van der Waals surface area contributed by atoms with Gasteiger partial charge in [-0.2, -0.15) is 0 Å². The van der Waals surface area contributed by atoms with Crippen LogP contribution in [-0.2, 0) is 22.4 Å². The van der Waals surface area contributed by atoms with E-state index in [-0.39, 0.29) is 11.8 Å². The van der Waals surface area contributed by atoms with Crippen LogP contribution in [0.1, 0.15) is 34.2 Å². The Kier molecular flexibility index (Phi) is 5.59. The summed E-state index contributed by atoms with van der Waals surface area (Å²) < 4.78 is 0. The van der Waals surface area contributed by atoms with Crippen molar-refractivity contribution in [2.75, 3.05) is 18.0 Å². The number of fused-ring (bicyclic) bond motifs is 1. The highest BCUT2D eigenvalue weighted by atomic mass is 16.2. The molecule has 33 heavy (non-hydrogen) atoms. The van der Waals surface area contributed by atoms with Gasteiger partial charge in [0, 0.05) is 18.8 Å². The number of para-hydroxylation sites is 1. The molecule has 166 valence electrons. The van der Waals surface area contributed by atoms with Gasteiger partial charge in [-0.25, -0.2) is 0 Å². The number of benzene rings is 3. The Morgan fingerprint density at radius 1 is 0.818 bits per heavy atom. The van der Waals surface area contributed by atoms with Crippen LogP contribution in [0.4, 0.5) is 5.69 Å². The smallest absolute Gasteiger partial charge is 0.278 e. The molecule has 0 aliphatic carbocycles. The molecular formula is C29H28N2O2. The lowest BCUT2D eigenvalue weighted by Crippen LogP contribution is -2.38. The van der Waals surface area contributed by atoms with E-state index in [9.17, 15) is 9.59 Å². The molecule has 0 saturated carbocycles. The van der Waals surface area contributed by atoms with E-state index >= 15 is 0 Å². The maximum absolute atomic E-state index is 13.8. The maximum atomic E-state index is 13.8. The first-order valence-electron chi connectivity index (χ1n) is 11.6. The van der Waals surface area contributed by atoms with Gasteiger partial charge in [0.2, 0.25) is 0 Å². The Hall–Kier alpha value is -3.66. The van der Waals surface area contributed by atoms with E-state index in [0.717, 1.165) is 41.8 Å². The second-order valence-corrected chi connectivity index (χ2v) is 8.90. The summed E-state index contributed by atoms with van der Waals surface area (Å²) >= 11 is 0. The Morgan fingerprint density at radius 3 is 2.36 bits per heavy atom. The molecule has 0 bridgehead atoms. The van der Waals surface area contributed by atoms with Crippen LogP contribution in [0, 0.1) is 13.8 Å². The average molecular weight is 437 g/mol. The highest BCUT2D eigenvalue weighted by Gasteiger charge is 2.42. The number of amides is 2. The van der Waals surface area contributed by atoms with Gasteiger partial charge in [0.05, 0.1) is 5.57 Å². The summed E-state index contributed by atoms with van der Waals surface area (Å²) in [6.45, 7) is 5.20. The molecule has 4 nitrogen and oxygen atoms in total. The lowest BCUT2D eigenvalue weighted by atomic mass is 9.97. The SMILES string of the molecule is Cc1ccc(C2=C(N3CCCc4ccccc43)C(=O)N(CCc3ccccc3)C2=O)cc1C. The summed E-state index contributed by atoms with van der Waals surface area (Å²) in [5.41, 5.74) is 7.50. The second kappa shape index (κ2) is 8.70. The molecule has 0 saturated heterocycles. The number of carbonyl (C=O) groups is 2. The van der Waals surface area contributed by atoms with E-state index in [1.165, 1.54) is 16.0 Å². The molecular weight excluding hydrogens is 408 g/mol. The summed E-state index contributed by atoms with van der Waals surface area (Å²) in [5, 5.41) is 0. The summed E-state index contributed by atoms with van der Waals surface area (Å²) in [6, 6.07) is 24.3. The molecule has 4 heteroatoms. The molecule has 0 atom stereocenters. The largest absolute Gasteiger partial charge is 0.336 e. The first-order valence-corrected chi connectivity index (χ1v) is 11.6. The van der Waals surface area contributed by atoms with Crippen LogP contribution in [0.25, 0.3) is 5.57 Å². The van der Waals surface area contributed by atoms with Crippen molar-refractivity contribution in [1.82, 2.24) is 4.90 Å². The highest BCUT2D eigenvalue weighted by Crippen LogP contribution is 2.38. The van der Waals surface area contributed by atoms with Crippen molar-refractivity contribution in [3.63, 3.8) is 0 Å². The predicted molar refractivity (Wildman–Crippen MR) is 132 cm³/mol. The highest BCUT2D eigenvalue weighted by molar-refractivity contribution is 6.36. The summed E-state index contributed by atoms with van der Waals surface area (Å²) in [6.07, 6.45) is 2.58. The number of anilines is 1. The number of hydrogen-bond acceptors (Lipinski definition) is 3. The molecule has 2 aliphatic rings. The second-order valence-electron chi connectivity index (χ2n) is 8.90. The van der Waals surface area contributed by atoms with Crippen LogP contribution in [-0.4, -0.2) is 29.8 Å². The van der Waals surface area contributed by atoms with E-state index < -0.39 is 0 Å². The van der Waals surface area contributed by atoms with Gasteiger partial charge in [-0.15, -0.1) is 0 Å². The monoisotopic (exact) mass is 436 g/mol. The van der Waals surface area contributed by atoms with Gasteiger partial charge in [-0.1, -0.05) is 66.7 Å². The zero-order valence-electron chi connectivity index (χ0n) is 19.2. The lowest BCUT2D eigenvalue weighted by molar-refractivity contribution is -0.136. The van der Waals surface area contributed by atoms with Crippen molar-refractivity contribution in [3.05, 3.63) is 106 Å². The van der Waals surface area contributed by atoms with Gasteiger partial charge in [0.15, 0.2) is 0 Å². The fourth-order valence-corrected chi connectivity index (χ4v) is 4.83. The molecule has 2 amide bonds. The van der Waals surface area contributed by atoms with Crippen LogP contribution >= 0.6 is 0 Å². The minimum atomic E-state index is -0.197. The predicted octanol–water partition coefficient (Wildman–Crippen LogP) is 5.08. The van der Waals surface area contributed by atoms with Crippen LogP contribution in [0.3, 0.4) is 0 Å². The third kappa shape index (κ3) is 3.86. The standard InChI is InChI=1S/C29H28N2O2/c1-20-14-15-24(19-21(20)2)26-27(30-17-8-12-23-11-6-7-13-25(23)30)29(33)31(28(26)32)18-16-22-9-4-3-5-10-22/h3-7,9-11,13-15,19H,8,12,16-18H2,1-2H3. The van der Waals surface area contributed by atoms with E-state index in [4.69, 9.17) is 0 Å². The molecule has 2 heterocycles. The molecule has 0 fully saturated rings. The van der Waals surface area contributed by atoms with Crippen molar-refractivity contribution >= 4 is 23.1 Å². The third-order valence-corrected chi connectivity index (χ3v) is 6.79. The van der Waals surface area contributed by atoms with Gasteiger partial charge >= 0.3 is 0 Å². The number of nitrogens with zero attached hydrogens (tertiary/aromatic N) is 2. The minimum Gasteiger partial charge on any atom is -0.336 e. The Morgan fingerprint density at radius 2 is 1.58 bits per heavy atom. The third-order valence-electron chi connectivity index (χ3n) is 6.79. The minimum absolute atomic E-state index is 0.194. The van der Waals surface area contributed by atoms with Gasteiger partial charge in [-0.05, 0) is 67.0 Å². The molecule has 5 rings (SSSR count). The quantitative estimate of drug-likeness (QED) is 0.524. The number of rotatable bonds is 5. The maximum Gasteiger partial charge on any atom is 0.278 e. The summed E-state index contributed by atoms with van der Waals surface area (Å²) in [7, 11) is 0. The Balaban J connectivity index is 1.58. The van der Waals surface area contributed by atoms with Crippen LogP contribution < -0.4 is 4.90 Å². The Labute approximate surface area is 195 Å². The number of imide groups is 1. The van der Waals surface area contributed by atoms with Crippen molar-refractivity contribution in [2.45, 2.75) is 33.1 Å². The molecule has 3 aromatic rings. The molecule has 3 aromatic carbocycles.